The van der Waals surface area contributed by atoms with E-state index in [-0.39, 0.29) is 18.6 Å². The van der Waals surface area contributed by atoms with Crippen LogP contribution in [-0.4, -0.2) is 53.5 Å². The van der Waals surface area contributed by atoms with Gasteiger partial charge in [-0.05, 0) is 75.8 Å². The highest BCUT2D eigenvalue weighted by Crippen LogP contribution is 2.45. The van der Waals surface area contributed by atoms with Gasteiger partial charge in [0.05, 0.1) is 17.9 Å². The predicted molar refractivity (Wildman–Crippen MR) is 134 cm³/mol. The first kappa shape index (κ1) is 24.3. The molecule has 190 valence electrons. The average Bonchev–Trinajstić information content (AvgIpc) is 2.83. The van der Waals surface area contributed by atoms with Crippen molar-refractivity contribution in [1.29, 1.82) is 0 Å². The number of rotatable bonds is 5. The van der Waals surface area contributed by atoms with Crippen LogP contribution < -0.4 is 10.6 Å². The summed E-state index contributed by atoms with van der Waals surface area (Å²) in [6, 6.07) is 8.80. The number of hydrogen-bond donors (Lipinski definition) is 2. The largest absolute Gasteiger partial charge is 0.459 e. The van der Waals surface area contributed by atoms with Gasteiger partial charge in [0, 0.05) is 24.2 Å². The van der Waals surface area contributed by atoms with E-state index in [1.165, 1.54) is 57.8 Å². The fraction of sp³-hybridized carbons (Fsp3) is 0.679. The number of carbonyl (C=O) groups excluding carboxylic acids is 3. The van der Waals surface area contributed by atoms with Crippen molar-refractivity contribution in [3.63, 3.8) is 0 Å². The summed E-state index contributed by atoms with van der Waals surface area (Å²) in [6.07, 6.45) is 14.2. The van der Waals surface area contributed by atoms with Crippen LogP contribution in [0.2, 0.25) is 0 Å². The highest BCUT2D eigenvalue weighted by Gasteiger charge is 2.45. The van der Waals surface area contributed by atoms with Crippen molar-refractivity contribution in [3.05, 3.63) is 29.8 Å². The second-order valence-electron chi connectivity index (χ2n) is 11.1. The van der Waals surface area contributed by atoms with Crippen molar-refractivity contribution in [2.45, 2.75) is 102 Å². The number of nitrogens with zero attached hydrogens (tertiary/aromatic N) is 1. The number of nitrogens with one attached hydrogen (secondary N) is 2. The zero-order valence-corrected chi connectivity index (χ0v) is 20.8. The minimum absolute atomic E-state index is 0.123. The number of fused-ring (bicyclic) bond motifs is 4. The summed E-state index contributed by atoms with van der Waals surface area (Å²) in [4.78, 5) is 40.0. The van der Waals surface area contributed by atoms with E-state index in [2.05, 4.69) is 15.5 Å². The minimum atomic E-state index is -0.949. The molecule has 1 aromatic rings. The van der Waals surface area contributed by atoms with Gasteiger partial charge in [-0.1, -0.05) is 37.8 Å². The Bertz CT molecular complexity index is 924. The van der Waals surface area contributed by atoms with Crippen molar-refractivity contribution in [2.75, 3.05) is 11.9 Å². The molecular weight excluding hydrogens is 442 g/mol. The summed E-state index contributed by atoms with van der Waals surface area (Å²) >= 11 is 0. The summed E-state index contributed by atoms with van der Waals surface area (Å²) < 4.78 is 4.77. The zero-order valence-electron chi connectivity index (χ0n) is 20.8. The van der Waals surface area contributed by atoms with Gasteiger partial charge in [-0.3, -0.25) is 14.5 Å². The molecule has 35 heavy (non-hydrogen) atoms. The molecule has 7 heteroatoms. The summed E-state index contributed by atoms with van der Waals surface area (Å²) in [5.74, 6) is -0.172. The van der Waals surface area contributed by atoms with E-state index in [9.17, 15) is 14.4 Å². The second kappa shape index (κ2) is 10.7. The quantitative estimate of drug-likeness (QED) is 0.484. The number of amides is 2. The third-order valence-electron chi connectivity index (χ3n) is 8.77. The maximum Gasteiger partial charge on any atom is 0.397 e. The Hall–Kier alpha value is -2.41. The van der Waals surface area contributed by atoms with Crippen LogP contribution in [0, 0.1) is 11.8 Å². The van der Waals surface area contributed by atoms with Crippen LogP contribution in [0.15, 0.2) is 24.3 Å². The summed E-state index contributed by atoms with van der Waals surface area (Å²) in [7, 11) is 0. The Morgan fingerprint density at radius 2 is 1.54 bits per heavy atom. The summed E-state index contributed by atoms with van der Waals surface area (Å²) in [6.45, 7) is 1.77. The Balaban J connectivity index is 1.23. The van der Waals surface area contributed by atoms with Gasteiger partial charge in [0.15, 0.2) is 0 Å². The van der Waals surface area contributed by atoms with Gasteiger partial charge in [-0.15, -0.1) is 0 Å². The standard InChI is InChI=1S/C28H39N3O4/c1-2-35-28(34)27(33)30-25-12-4-3-11-24(25)26(32)29-20-16-21-9-6-10-22(17-20)31(21)23-14-18-7-5-8-19(13-18)15-23/h3-4,11-12,18-23H,2,5-10,13-17H2,1H3,(H,29,32)(H,30,33). The fourth-order valence-corrected chi connectivity index (χ4v) is 7.49. The van der Waals surface area contributed by atoms with Crippen LogP contribution in [0.4, 0.5) is 5.69 Å². The van der Waals surface area contributed by atoms with Crippen molar-refractivity contribution in [3.8, 4) is 0 Å². The van der Waals surface area contributed by atoms with E-state index >= 15 is 0 Å². The molecule has 4 bridgehead atoms. The van der Waals surface area contributed by atoms with Gasteiger partial charge < -0.3 is 15.4 Å². The fourth-order valence-electron chi connectivity index (χ4n) is 7.49. The summed E-state index contributed by atoms with van der Waals surface area (Å²) in [5.41, 5.74) is 0.701. The maximum atomic E-state index is 13.3. The lowest BCUT2D eigenvalue weighted by atomic mass is 9.68. The Labute approximate surface area is 208 Å². The number of esters is 1. The third-order valence-corrected chi connectivity index (χ3v) is 8.77. The summed E-state index contributed by atoms with van der Waals surface area (Å²) in [5, 5.41) is 5.80. The van der Waals surface area contributed by atoms with Crippen molar-refractivity contribution < 1.29 is 19.1 Å². The Morgan fingerprint density at radius 3 is 2.23 bits per heavy atom. The number of piperidine rings is 2. The number of benzene rings is 1. The molecule has 2 aliphatic heterocycles. The molecule has 4 aliphatic rings. The SMILES string of the molecule is CCOC(=O)C(=O)Nc1ccccc1C(=O)NC1CC2CCCC(C1)N2C1CC2CCCC(C2)C1. The second-order valence-corrected chi connectivity index (χ2v) is 11.1. The van der Waals surface area contributed by atoms with E-state index in [4.69, 9.17) is 4.74 Å². The molecule has 0 radical (unpaired) electrons. The maximum absolute atomic E-state index is 13.3. The molecular formula is C28H39N3O4. The van der Waals surface area contributed by atoms with E-state index in [1.807, 2.05) is 0 Å². The van der Waals surface area contributed by atoms with Crippen LogP contribution in [0.5, 0.6) is 0 Å². The molecule has 4 unspecified atom stereocenters. The first-order valence-corrected chi connectivity index (χ1v) is 13.7. The van der Waals surface area contributed by atoms with Gasteiger partial charge in [0.2, 0.25) is 0 Å². The number of hydrogen-bond acceptors (Lipinski definition) is 5. The number of ether oxygens (including phenoxy) is 1. The molecule has 1 aromatic carbocycles. The van der Waals surface area contributed by atoms with Crippen LogP contribution in [0.3, 0.4) is 0 Å². The lowest BCUT2D eigenvalue weighted by Gasteiger charge is -2.55. The highest BCUT2D eigenvalue weighted by molar-refractivity contribution is 6.37. The van der Waals surface area contributed by atoms with Gasteiger partial charge in [0.25, 0.3) is 5.91 Å². The Kier molecular flexibility index (Phi) is 7.42. The minimum Gasteiger partial charge on any atom is -0.459 e. The van der Waals surface area contributed by atoms with Crippen LogP contribution in [0.25, 0.3) is 0 Å². The lowest BCUT2D eigenvalue weighted by molar-refractivity contribution is -0.152. The molecule has 2 saturated carbocycles. The molecule has 2 N–H and O–H groups in total. The first-order chi connectivity index (χ1) is 17.0. The Morgan fingerprint density at radius 1 is 0.886 bits per heavy atom. The third kappa shape index (κ3) is 5.40. The topological polar surface area (TPSA) is 87.7 Å². The molecule has 7 nitrogen and oxygen atoms in total. The monoisotopic (exact) mass is 481 g/mol. The number of anilines is 1. The van der Waals surface area contributed by atoms with E-state index in [1.54, 1.807) is 31.2 Å². The van der Waals surface area contributed by atoms with Crippen LogP contribution in [-0.2, 0) is 14.3 Å². The molecule has 2 aliphatic carbocycles. The first-order valence-electron chi connectivity index (χ1n) is 13.7. The van der Waals surface area contributed by atoms with Crippen molar-refractivity contribution >= 4 is 23.5 Å². The highest BCUT2D eigenvalue weighted by atomic mass is 16.5. The van der Waals surface area contributed by atoms with Crippen molar-refractivity contribution in [1.82, 2.24) is 10.2 Å². The van der Waals surface area contributed by atoms with E-state index in [0.29, 0.717) is 23.3 Å². The molecule has 0 spiro atoms. The molecule has 2 amide bonds. The molecule has 5 rings (SSSR count). The number of para-hydroxylation sites is 1. The van der Waals surface area contributed by atoms with Gasteiger partial charge in [0.1, 0.15) is 0 Å². The normalized spacial score (nSPS) is 32.4. The smallest absolute Gasteiger partial charge is 0.397 e. The van der Waals surface area contributed by atoms with Gasteiger partial charge >= 0.3 is 11.9 Å². The molecule has 0 aromatic heterocycles. The van der Waals surface area contributed by atoms with E-state index in [0.717, 1.165) is 30.7 Å². The predicted octanol–water partition coefficient (Wildman–Crippen LogP) is 4.27. The molecule has 4 atom stereocenters. The zero-order chi connectivity index (χ0) is 24.4. The lowest BCUT2D eigenvalue weighted by Crippen LogP contribution is -2.61. The van der Waals surface area contributed by atoms with Gasteiger partial charge in [-0.2, -0.15) is 0 Å². The van der Waals surface area contributed by atoms with E-state index < -0.39 is 11.9 Å². The van der Waals surface area contributed by atoms with Crippen molar-refractivity contribution in [2.24, 2.45) is 11.8 Å². The number of carbonyl (C=O) groups is 3. The molecule has 2 heterocycles. The van der Waals surface area contributed by atoms with Crippen LogP contribution >= 0.6 is 0 Å². The van der Waals surface area contributed by atoms with Gasteiger partial charge in [-0.25, -0.2) is 4.79 Å². The molecule has 4 fully saturated rings. The molecule has 2 saturated heterocycles. The van der Waals surface area contributed by atoms with Crippen LogP contribution in [0.1, 0.15) is 87.9 Å². The average molecular weight is 482 g/mol.